The molecule has 0 bridgehead atoms. The number of hydrogen-bond acceptors (Lipinski definition) is 4. The lowest BCUT2D eigenvalue weighted by atomic mass is 9.93. The molecule has 1 aliphatic rings. The number of piperidine rings is 1. The number of aliphatic hydroxyl groups is 2. The molecule has 0 aromatic carbocycles. The Hall–Kier alpha value is -1.13. The molecule has 0 radical (unpaired) electrons. The summed E-state index contributed by atoms with van der Waals surface area (Å²) in [5, 5.41) is 19.3. The molecule has 0 unspecified atom stereocenters. The normalized spacial score (nSPS) is 19.4. The van der Waals surface area contributed by atoms with Crippen molar-refractivity contribution in [3.05, 3.63) is 23.5 Å². The topological polar surface area (TPSA) is 56.6 Å². The van der Waals surface area contributed by atoms with Crippen LogP contribution in [0.25, 0.3) is 0 Å². The van der Waals surface area contributed by atoms with E-state index in [1.807, 2.05) is 19.9 Å². The molecule has 2 N–H and O–H groups in total. The van der Waals surface area contributed by atoms with Gasteiger partial charge in [0, 0.05) is 36.2 Å². The molecule has 1 aromatic heterocycles. The van der Waals surface area contributed by atoms with E-state index < -0.39 is 5.60 Å². The first-order valence-corrected chi connectivity index (χ1v) is 6.05. The van der Waals surface area contributed by atoms with Crippen molar-refractivity contribution >= 4 is 5.69 Å². The van der Waals surface area contributed by atoms with Gasteiger partial charge < -0.3 is 15.1 Å². The SMILES string of the molecule is Cc1cc(N2CCC(C)(O)CC2)c(CO)cn1. The maximum absolute atomic E-state index is 9.93. The van der Waals surface area contributed by atoms with E-state index in [0.29, 0.717) is 0 Å². The first-order chi connectivity index (χ1) is 8.02. The van der Waals surface area contributed by atoms with Crippen LogP contribution in [0.2, 0.25) is 0 Å². The van der Waals surface area contributed by atoms with Crippen LogP contribution in [-0.4, -0.2) is 33.9 Å². The summed E-state index contributed by atoms with van der Waals surface area (Å²) in [4.78, 5) is 6.42. The number of rotatable bonds is 2. The van der Waals surface area contributed by atoms with Crippen molar-refractivity contribution < 1.29 is 10.2 Å². The van der Waals surface area contributed by atoms with Gasteiger partial charge in [-0.05, 0) is 32.8 Å². The van der Waals surface area contributed by atoms with E-state index in [9.17, 15) is 10.2 Å². The van der Waals surface area contributed by atoms with Crippen LogP contribution in [0.15, 0.2) is 12.3 Å². The summed E-state index contributed by atoms with van der Waals surface area (Å²) in [6, 6.07) is 2.01. The molecule has 1 saturated heterocycles. The summed E-state index contributed by atoms with van der Waals surface area (Å²) in [6.07, 6.45) is 3.26. The first kappa shape index (κ1) is 12.3. The highest BCUT2D eigenvalue weighted by atomic mass is 16.3. The van der Waals surface area contributed by atoms with Crippen LogP contribution in [0.3, 0.4) is 0 Å². The standard InChI is InChI=1S/C13H20N2O2/c1-10-7-12(11(9-16)8-14-10)15-5-3-13(2,17)4-6-15/h7-8,16-17H,3-6,9H2,1-2H3. The minimum atomic E-state index is -0.544. The highest BCUT2D eigenvalue weighted by Crippen LogP contribution is 2.28. The minimum absolute atomic E-state index is 0.00943. The molecule has 2 rings (SSSR count). The summed E-state index contributed by atoms with van der Waals surface area (Å²) >= 11 is 0. The van der Waals surface area contributed by atoms with Gasteiger partial charge in [-0.3, -0.25) is 4.98 Å². The van der Waals surface area contributed by atoms with Gasteiger partial charge in [0.1, 0.15) is 0 Å². The predicted molar refractivity (Wildman–Crippen MR) is 67.0 cm³/mol. The monoisotopic (exact) mass is 236 g/mol. The van der Waals surface area contributed by atoms with E-state index in [1.54, 1.807) is 6.20 Å². The van der Waals surface area contributed by atoms with Gasteiger partial charge >= 0.3 is 0 Å². The van der Waals surface area contributed by atoms with Crippen molar-refractivity contribution in [2.75, 3.05) is 18.0 Å². The number of aryl methyl sites for hydroxylation is 1. The van der Waals surface area contributed by atoms with Crippen LogP contribution in [0.1, 0.15) is 31.0 Å². The number of nitrogens with zero attached hydrogens (tertiary/aromatic N) is 2. The third-order valence-electron chi connectivity index (χ3n) is 3.45. The smallest absolute Gasteiger partial charge is 0.0717 e. The van der Waals surface area contributed by atoms with Gasteiger partial charge in [0.25, 0.3) is 0 Å². The van der Waals surface area contributed by atoms with Crippen molar-refractivity contribution in [3.63, 3.8) is 0 Å². The van der Waals surface area contributed by atoms with Crippen molar-refractivity contribution in [1.82, 2.24) is 4.98 Å². The molecule has 1 fully saturated rings. The Balaban J connectivity index is 2.20. The van der Waals surface area contributed by atoms with Gasteiger partial charge in [-0.15, -0.1) is 0 Å². The lowest BCUT2D eigenvalue weighted by Crippen LogP contribution is -2.42. The van der Waals surface area contributed by atoms with Gasteiger partial charge in [0.05, 0.1) is 12.2 Å². The molecule has 0 spiro atoms. The van der Waals surface area contributed by atoms with Crippen molar-refractivity contribution in [1.29, 1.82) is 0 Å². The molecule has 2 heterocycles. The number of hydrogen-bond donors (Lipinski definition) is 2. The second kappa shape index (κ2) is 4.63. The molecule has 4 heteroatoms. The van der Waals surface area contributed by atoms with Crippen LogP contribution in [0, 0.1) is 6.92 Å². The van der Waals surface area contributed by atoms with E-state index in [1.165, 1.54) is 0 Å². The summed E-state index contributed by atoms with van der Waals surface area (Å²) in [5.41, 5.74) is 2.32. The van der Waals surface area contributed by atoms with Crippen LogP contribution >= 0.6 is 0 Å². The lowest BCUT2D eigenvalue weighted by Gasteiger charge is -2.37. The zero-order valence-electron chi connectivity index (χ0n) is 10.5. The Kier molecular flexibility index (Phi) is 3.35. The van der Waals surface area contributed by atoms with Crippen LogP contribution < -0.4 is 4.90 Å². The Labute approximate surface area is 102 Å². The molecular formula is C13H20N2O2. The summed E-state index contributed by atoms with van der Waals surface area (Å²) in [7, 11) is 0. The van der Waals surface area contributed by atoms with Gasteiger partial charge in [0.15, 0.2) is 0 Å². The maximum atomic E-state index is 9.93. The third kappa shape index (κ3) is 2.76. The fourth-order valence-corrected chi connectivity index (χ4v) is 2.22. The Morgan fingerprint density at radius 3 is 2.65 bits per heavy atom. The molecule has 0 amide bonds. The first-order valence-electron chi connectivity index (χ1n) is 6.05. The number of pyridine rings is 1. The number of aromatic nitrogens is 1. The zero-order valence-corrected chi connectivity index (χ0v) is 10.5. The van der Waals surface area contributed by atoms with Gasteiger partial charge in [-0.25, -0.2) is 0 Å². The maximum Gasteiger partial charge on any atom is 0.0717 e. The Bertz CT molecular complexity index is 394. The second-order valence-corrected chi connectivity index (χ2v) is 5.10. The summed E-state index contributed by atoms with van der Waals surface area (Å²) < 4.78 is 0. The van der Waals surface area contributed by atoms with Crippen LogP contribution in [0.4, 0.5) is 5.69 Å². The van der Waals surface area contributed by atoms with Crippen molar-refractivity contribution in [3.8, 4) is 0 Å². The van der Waals surface area contributed by atoms with Crippen LogP contribution in [0.5, 0.6) is 0 Å². The molecule has 4 nitrogen and oxygen atoms in total. The van der Waals surface area contributed by atoms with Gasteiger partial charge in [-0.2, -0.15) is 0 Å². The molecular weight excluding hydrogens is 216 g/mol. The minimum Gasteiger partial charge on any atom is -0.392 e. The van der Waals surface area contributed by atoms with E-state index in [2.05, 4.69) is 9.88 Å². The highest BCUT2D eigenvalue weighted by molar-refractivity contribution is 5.53. The lowest BCUT2D eigenvalue weighted by molar-refractivity contribution is 0.0351. The molecule has 94 valence electrons. The summed E-state index contributed by atoms with van der Waals surface area (Å²) in [5.74, 6) is 0. The molecule has 0 atom stereocenters. The third-order valence-corrected chi connectivity index (χ3v) is 3.45. The van der Waals surface area contributed by atoms with Crippen LogP contribution in [-0.2, 0) is 6.61 Å². The zero-order chi connectivity index (χ0) is 12.5. The van der Waals surface area contributed by atoms with Gasteiger partial charge in [0.2, 0.25) is 0 Å². The molecule has 1 aromatic rings. The molecule has 0 saturated carbocycles. The van der Waals surface area contributed by atoms with E-state index in [4.69, 9.17) is 0 Å². The van der Waals surface area contributed by atoms with E-state index in [-0.39, 0.29) is 6.61 Å². The van der Waals surface area contributed by atoms with Crippen molar-refractivity contribution in [2.45, 2.75) is 38.9 Å². The van der Waals surface area contributed by atoms with Gasteiger partial charge in [-0.1, -0.05) is 0 Å². The van der Waals surface area contributed by atoms with E-state index in [0.717, 1.165) is 42.9 Å². The molecule has 17 heavy (non-hydrogen) atoms. The van der Waals surface area contributed by atoms with E-state index >= 15 is 0 Å². The van der Waals surface area contributed by atoms with Crippen molar-refractivity contribution in [2.24, 2.45) is 0 Å². The highest BCUT2D eigenvalue weighted by Gasteiger charge is 2.28. The molecule has 0 aliphatic carbocycles. The second-order valence-electron chi connectivity index (χ2n) is 5.10. The fraction of sp³-hybridized carbons (Fsp3) is 0.615. The Morgan fingerprint density at radius 1 is 1.41 bits per heavy atom. The average molecular weight is 236 g/mol. The largest absolute Gasteiger partial charge is 0.392 e. The number of aliphatic hydroxyl groups excluding tert-OH is 1. The Morgan fingerprint density at radius 2 is 2.06 bits per heavy atom. The fourth-order valence-electron chi connectivity index (χ4n) is 2.22. The summed E-state index contributed by atoms with van der Waals surface area (Å²) in [6.45, 7) is 5.49. The molecule has 1 aliphatic heterocycles. The number of anilines is 1. The predicted octanol–water partition coefficient (Wildman–Crippen LogP) is 1.23. The quantitative estimate of drug-likeness (QED) is 0.811. The average Bonchev–Trinajstić information content (AvgIpc) is 2.29.